The van der Waals surface area contributed by atoms with Crippen LogP contribution in [-0.2, 0) is 19.6 Å². The molecule has 0 saturated carbocycles. The maximum Gasteiger partial charge on any atom is 0.325 e. The quantitative estimate of drug-likeness (QED) is 0.283. The van der Waals surface area contributed by atoms with Crippen LogP contribution in [0.15, 0.2) is 77.7 Å². The highest BCUT2D eigenvalue weighted by molar-refractivity contribution is 7.92. The van der Waals surface area contributed by atoms with E-state index in [1.165, 1.54) is 12.1 Å². The number of rotatable bonds is 9. The second kappa shape index (κ2) is 9.92. The largest absolute Gasteiger partial charge is 0.465 e. The Morgan fingerprint density at radius 3 is 2.31 bits per heavy atom. The molecule has 0 saturated heterocycles. The SMILES string of the molecule is CCOC(=O)CNc1ccc(-c2ccc(S(=O)(=O)Nc3ccccc3)cc2[N+](=O)[O-])cc1. The lowest BCUT2D eigenvalue weighted by atomic mass is 10.0. The highest BCUT2D eigenvalue weighted by Gasteiger charge is 2.22. The van der Waals surface area contributed by atoms with E-state index in [-0.39, 0.29) is 29.3 Å². The second-order valence-electron chi connectivity index (χ2n) is 6.64. The lowest BCUT2D eigenvalue weighted by Crippen LogP contribution is -2.16. The lowest BCUT2D eigenvalue weighted by molar-refractivity contribution is -0.384. The fraction of sp³-hybridized carbons (Fsp3) is 0.136. The molecule has 0 radical (unpaired) electrons. The van der Waals surface area contributed by atoms with Gasteiger partial charge in [0.25, 0.3) is 15.7 Å². The lowest BCUT2D eigenvalue weighted by Gasteiger charge is -2.10. The van der Waals surface area contributed by atoms with Crippen molar-refractivity contribution < 1.29 is 22.9 Å². The van der Waals surface area contributed by atoms with Crippen LogP contribution in [0.5, 0.6) is 0 Å². The van der Waals surface area contributed by atoms with E-state index in [1.807, 2.05) is 0 Å². The Morgan fingerprint density at radius 2 is 1.69 bits per heavy atom. The van der Waals surface area contributed by atoms with E-state index >= 15 is 0 Å². The third-order valence-corrected chi connectivity index (χ3v) is 5.82. The Kier molecular flexibility index (Phi) is 7.06. The molecule has 0 spiro atoms. The Bertz CT molecular complexity index is 1210. The van der Waals surface area contributed by atoms with Crippen LogP contribution in [0.4, 0.5) is 17.1 Å². The van der Waals surface area contributed by atoms with Crippen LogP contribution in [-0.4, -0.2) is 32.5 Å². The summed E-state index contributed by atoms with van der Waals surface area (Å²) in [6, 6.07) is 18.6. The molecule has 3 aromatic carbocycles. The number of anilines is 2. The van der Waals surface area contributed by atoms with Crippen molar-refractivity contribution in [2.24, 2.45) is 0 Å². The number of sulfonamides is 1. The Balaban J connectivity index is 1.85. The highest BCUT2D eigenvalue weighted by atomic mass is 32.2. The molecule has 0 unspecified atom stereocenters. The summed E-state index contributed by atoms with van der Waals surface area (Å²) >= 11 is 0. The minimum absolute atomic E-state index is 0.00565. The van der Waals surface area contributed by atoms with Gasteiger partial charge in [-0.15, -0.1) is 0 Å². The Labute approximate surface area is 185 Å². The van der Waals surface area contributed by atoms with Gasteiger partial charge in [-0.25, -0.2) is 8.42 Å². The summed E-state index contributed by atoms with van der Waals surface area (Å²) in [6.07, 6.45) is 0. The van der Waals surface area contributed by atoms with E-state index in [0.717, 1.165) is 6.07 Å². The number of nitro benzene ring substituents is 1. The first-order valence-corrected chi connectivity index (χ1v) is 11.1. The number of nitro groups is 1. The first kappa shape index (κ1) is 22.8. The van der Waals surface area contributed by atoms with Gasteiger partial charge in [0.2, 0.25) is 0 Å². The minimum atomic E-state index is -4.00. The van der Waals surface area contributed by atoms with Gasteiger partial charge in [-0.1, -0.05) is 30.3 Å². The van der Waals surface area contributed by atoms with Crippen LogP contribution in [0.3, 0.4) is 0 Å². The third kappa shape index (κ3) is 5.61. The second-order valence-corrected chi connectivity index (χ2v) is 8.33. The van der Waals surface area contributed by atoms with Crippen LogP contribution in [0.1, 0.15) is 6.92 Å². The van der Waals surface area contributed by atoms with Gasteiger partial charge in [0, 0.05) is 17.4 Å². The average molecular weight is 455 g/mol. The average Bonchev–Trinajstić information content (AvgIpc) is 2.78. The van der Waals surface area contributed by atoms with Gasteiger partial charge >= 0.3 is 5.97 Å². The summed E-state index contributed by atoms with van der Waals surface area (Å²) in [4.78, 5) is 22.3. The number of para-hydroxylation sites is 1. The van der Waals surface area contributed by atoms with Gasteiger partial charge in [0.15, 0.2) is 0 Å². The third-order valence-electron chi connectivity index (χ3n) is 4.44. The number of carbonyl (C=O) groups is 1. The smallest absolute Gasteiger partial charge is 0.325 e. The number of nitrogens with zero attached hydrogens (tertiary/aromatic N) is 1. The molecule has 0 atom stereocenters. The molecule has 166 valence electrons. The maximum atomic E-state index is 12.7. The zero-order valence-electron chi connectivity index (χ0n) is 17.1. The van der Waals surface area contributed by atoms with Gasteiger partial charge in [-0.05, 0) is 48.9 Å². The monoisotopic (exact) mass is 455 g/mol. The van der Waals surface area contributed by atoms with Crippen molar-refractivity contribution in [1.82, 2.24) is 0 Å². The van der Waals surface area contributed by atoms with E-state index in [4.69, 9.17) is 4.74 Å². The van der Waals surface area contributed by atoms with E-state index in [2.05, 4.69) is 10.0 Å². The van der Waals surface area contributed by atoms with Crippen molar-refractivity contribution in [2.75, 3.05) is 23.2 Å². The zero-order chi connectivity index (χ0) is 23.1. The summed E-state index contributed by atoms with van der Waals surface area (Å²) in [5.74, 6) is -0.395. The molecule has 0 aliphatic carbocycles. The Morgan fingerprint density at radius 1 is 1.00 bits per heavy atom. The summed E-state index contributed by atoms with van der Waals surface area (Å²) in [6.45, 7) is 2.00. The normalized spacial score (nSPS) is 10.9. The fourth-order valence-corrected chi connectivity index (χ4v) is 4.03. The number of ether oxygens (including phenoxy) is 1. The number of nitrogens with one attached hydrogen (secondary N) is 2. The number of benzene rings is 3. The van der Waals surface area contributed by atoms with Gasteiger partial charge in [0.05, 0.1) is 22.0 Å². The van der Waals surface area contributed by atoms with E-state index in [9.17, 15) is 23.3 Å². The van der Waals surface area contributed by atoms with Gasteiger partial charge in [-0.2, -0.15) is 0 Å². The number of esters is 1. The molecule has 3 rings (SSSR count). The fourth-order valence-electron chi connectivity index (χ4n) is 2.95. The first-order valence-electron chi connectivity index (χ1n) is 9.66. The molecule has 0 heterocycles. The van der Waals surface area contributed by atoms with Crippen molar-refractivity contribution in [3.8, 4) is 11.1 Å². The summed E-state index contributed by atoms with van der Waals surface area (Å²) in [5.41, 5.74) is 1.44. The molecule has 0 aromatic heterocycles. The standard InChI is InChI=1S/C22H21N3O6S/c1-2-31-22(26)15-23-17-10-8-16(9-11-17)20-13-12-19(14-21(20)25(27)28)32(29,30)24-18-6-4-3-5-7-18/h3-14,23-24H,2,15H2,1H3. The minimum Gasteiger partial charge on any atom is -0.465 e. The van der Waals surface area contributed by atoms with Crippen LogP contribution < -0.4 is 10.0 Å². The number of carbonyl (C=O) groups excluding carboxylic acids is 1. The highest BCUT2D eigenvalue weighted by Crippen LogP contribution is 2.33. The molecule has 3 aromatic rings. The molecule has 10 heteroatoms. The topological polar surface area (TPSA) is 128 Å². The predicted molar refractivity (Wildman–Crippen MR) is 121 cm³/mol. The molecule has 0 aliphatic heterocycles. The summed E-state index contributed by atoms with van der Waals surface area (Å²) < 4.78 is 32.6. The number of hydrogen-bond acceptors (Lipinski definition) is 7. The first-order chi connectivity index (χ1) is 15.3. The molecule has 0 amide bonds. The molecule has 0 aliphatic rings. The van der Waals surface area contributed by atoms with E-state index in [0.29, 0.717) is 16.9 Å². The van der Waals surface area contributed by atoms with Crippen LogP contribution in [0.25, 0.3) is 11.1 Å². The number of hydrogen-bond donors (Lipinski definition) is 2. The van der Waals surface area contributed by atoms with Gasteiger partial charge < -0.3 is 10.1 Å². The van der Waals surface area contributed by atoms with Crippen molar-refractivity contribution in [3.05, 3.63) is 82.9 Å². The van der Waals surface area contributed by atoms with Crippen LogP contribution in [0.2, 0.25) is 0 Å². The van der Waals surface area contributed by atoms with Crippen molar-refractivity contribution in [3.63, 3.8) is 0 Å². The van der Waals surface area contributed by atoms with Crippen LogP contribution in [0, 0.1) is 10.1 Å². The molecule has 9 nitrogen and oxygen atoms in total. The summed E-state index contributed by atoms with van der Waals surface area (Å²) in [5, 5.41) is 14.6. The predicted octanol–water partition coefficient (Wildman–Crippen LogP) is 4.04. The van der Waals surface area contributed by atoms with Crippen LogP contribution >= 0.6 is 0 Å². The van der Waals surface area contributed by atoms with Gasteiger partial charge in [0.1, 0.15) is 6.54 Å². The van der Waals surface area contributed by atoms with Crippen molar-refractivity contribution >= 4 is 33.1 Å². The van der Waals surface area contributed by atoms with E-state index in [1.54, 1.807) is 61.5 Å². The molecular formula is C22H21N3O6S. The van der Waals surface area contributed by atoms with Crippen molar-refractivity contribution in [2.45, 2.75) is 11.8 Å². The summed E-state index contributed by atoms with van der Waals surface area (Å²) in [7, 11) is -4.00. The molecule has 2 N–H and O–H groups in total. The van der Waals surface area contributed by atoms with Crippen molar-refractivity contribution in [1.29, 1.82) is 0 Å². The molecule has 0 bridgehead atoms. The molecular weight excluding hydrogens is 434 g/mol. The molecule has 32 heavy (non-hydrogen) atoms. The van der Waals surface area contributed by atoms with E-state index < -0.39 is 20.9 Å². The Hall–Kier alpha value is -3.92. The van der Waals surface area contributed by atoms with Gasteiger partial charge in [-0.3, -0.25) is 19.6 Å². The maximum absolute atomic E-state index is 12.7. The zero-order valence-corrected chi connectivity index (χ0v) is 18.0. The molecule has 0 fully saturated rings.